The van der Waals surface area contributed by atoms with Gasteiger partial charge in [-0.2, -0.15) is 0 Å². The lowest BCUT2D eigenvalue weighted by molar-refractivity contribution is 0.102. The summed E-state index contributed by atoms with van der Waals surface area (Å²) in [5.41, 5.74) is 0.752. The van der Waals surface area contributed by atoms with Crippen LogP contribution in [0.1, 0.15) is 10.4 Å². The van der Waals surface area contributed by atoms with Crippen molar-refractivity contribution < 1.29 is 17.6 Å². The van der Waals surface area contributed by atoms with Gasteiger partial charge in [-0.15, -0.1) is 11.3 Å². The van der Waals surface area contributed by atoms with Crippen LogP contribution in [0, 0.1) is 5.82 Å². The molecule has 1 N–H and O–H groups in total. The van der Waals surface area contributed by atoms with Gasteiger partial charge in [0.05, 0.1) is 11.4 Å². The zero-order valence-corrected chi connectivity index (χ0v) is 17.2. The maximum atomic E-state index is 13.8. The van der Waals surface area contributed by atoms with Crippen molar-refractivity contribution in [2.24, 2.45) is 0 Å². The molecule has 0 aliphatic heterocycles. The standard InChI is InChI=1S/C18H14BrFN2O3S2/c1-22(27(24,25)17-3-2-10-26-17)14-7-4-12(5-8-14)18(23)21-16-9-6-13(19)11-15(16)20/h2-11H,1H3,(H,21,23). The van der Waals surface area contributed by atoms with E-state index in [0.29, 0.717) is 10.2 Å². The summed E-state index contributed by atoms with van der Waals surface area (Å²) >= 11 is 4.29. The van der Waals surface area contributed by atoms with Crippen LogP contribution in [0.5, 0.6) is 0 Å². The first kappa shape index (κ1) is 19.5. The molecule has 1 amide bonds. The maximum absolute atomic E-state index is 13.8. The highest BCUT2D eigenvalue weighted by atomic mass is 79.9. The number of halogens is 2. The van der Waals surface area contributed by atoms with Gasteiger partial charge in [0, 0.05) is 17.1 Å². The number of sulfonamides is 1. The molecule has 1 aromatic heterocycles. The predicted molar refractivity (Wildman–Crippen MR) is 108 cm³/mol. The Balaban J connectivity index is 1.77. The Morgan fingerprint density at radius 3 is 2.44 bits per heavy atom. The summed E-state index contributed by atoms with van der Waals surface area (Å²) in [4.78, 5) is 12.3. The number of hydrogen-bond acceptors (Lipinski definition) is 4. The first-order chi connectivity index (χ1) is 12.8. The van der Waals surface area contributed by atoms with E-state index >= 15 is 0 Å². The van der Waals surface area contributed by atoms with Crippen LogP contribution in [0.2, 0.25) is 0 Å². The lowest BCUT2D eigenvalue weighted by Gasteiger charge is -2.18. The fourth-order valence-electron chi connectivity index (χ4n) is 2.29. The van der Waals surface area contributed by atoms with E-state index in [1.807, 2.05) is 0 Å². The van der Waals surface area contributed by atoms with Gasteiger partial charge in [0.25, 0.3) is 15.9 Å². The molecule has 3 aromatic rings. The van der Waals surface area contributed by atoms with Crippen molar-refractivity contribution in [1.82, 2.24) is 0 Å². The highest BCUT2D eigenvalue weighted by molar-refractivity contribution is 9.10. The van der Waals surface area contributed by atoms with Crippen LogP contribution in [0.15, 0.2) is 68.7 Å². The number of amides is 1. The minimum absolute atomic E-state index is 0.0599. The number of nitrogens with one attached hydrogen (secondary N) is 1. The number of benzene rings is 2. The fraction of sp³-hybridized carbons (Fsp3) is 0.0556. The van der Waals surface area contributed by atoms with Crippen molar-refractivity contribution in [1.29, 1.82) is 0 Å². The third-order valence-corrected chi connectivity index (χ3v) is 7.43. The van der Waals surface area contributed by atoms with Crippen LogP contribution in [0.4, 0.5) is 15.8 Å². The molecule has 0 atom stereocenters. The van der Waals surface area contributed by atoms with Crippen LogP contribution in [0.3, 0.4) is 0 Å². The van der Waals surface area contributed by atoms with Gasteiger partial charge in [-0.25, -0.2) is 12.8 Å². The van der Waals surface area contributed by atoms with Gasteiger partial charge in [-0.05, 0) is 53.9 Å². The summed E-state index contributed by atoms with van der Waals surface area (Å²) in [6.07, 6.45) is 0. The van der Waals surface area contributed by atoms with Gasteiger partial charge in [0.1, 0.15) is 10.0 Å². The molecule has 140 valence electrons. The van der Waals surface area contributed by atoms with Crippen LogP contribution < -0.4 is 9.62 Å². The number of rotatable bonds is 5. The smallest absolute Gasteiger partial charge is 0.273 e. The molecule has 27 heavy (non-hydrogen) atoms. The monoisotopic (exact) mass is 468 g/mol. The minimum atomic E-state index is -3.64. The Hall–Kier alpha value is -2.23. The third kappa shape index (κ3) is 4.20. The lowest BCUT2D eigenvalue weighted by Crippen LogP contribution is -2.25. The summed E-state index contributed by atoms with van der Waals surface area (Å²) in [7, 11) is -2.20. The molecular weight excluding hydrogens is 455 g/mol. The second-order valence-corrected chi connectivity index (χ2v) is 9.59. The normalized spacial score (nSPS) is 11.2. The first-order valence-electron chi connectivity index (χ1n) is 7.68. The molecule has 5 nitrogen and oxygen atoms in total. The Bertz CT molecular complexity index is 1070. The van der Waals surface area contributed by atoms with E-state index in [1.165, 1.54) is 49.5 Å². The number of carbonyl (C=O) groups excluding carboxylic acids is 1. The quantitative estimate of drug-likeness (QED) is 0.588. The zero-order chi connectivity index (χ0) is 19.6. The van der Waals surface area contributed by atoms with Gasteiger partial charge < -0.3 is 5.32 Å². The van der Waals surface area contributed by atoms with Crippen LogP contribution in [0.25, 0.3) is 0 Å². The molecule has 1 heterocycles. The Labute approximate surface area is 168 Å². The molecule has 0 unspecified atom stereocenters. The van der Waals surface area contributed by atoms with E-state index in [0.717, 1.165) is 15.6 Å². The van der Waals surface area contributed by atoms with Gasteiger partial charge in [-0.3, -0.25) is 9.10 Å². The molecule has 0 aliphatic rings. The average molecular weight is 469 g/mol. The first-order valence-corrected chi connectivity index (χ1v) is 10.8. The van der Waals surface area contributed by atoms with Crippen LogP contribution >= 0.6 is 27.3 Å². The minimum Gasteiger partial charge on any atom is -0.319 e. The second-order valence-electron chi connectivity index (χ2n) is 5.53. The predicted octanol–water partition coefficient (Wildman–Crippen LogP) is 4.73. The van der Waals surface area contributed by atoms with Crippen molar-refractivity contribution in [3.05, 3.63) is 75.8 Å². The number of thiophene rings is 1. The molecule has 0 aliphatic carbocycles. The molecule has 0 fully saturated rings. The van der Waals surface area contributed by atoms with Gasteiger partial charge in [-0.1, -0.05) is 22.0 Å². The largest absolute Gasteiger partial charge is 0.319 e. The summed E-state index contributed by atoms with van der Waals surface area (Å²) in [6, 6.07) is 13.5. The van der Waals surface area contributed by atoms with E-state index in [4.69, 9.17) is 0 Å². The topological polar surface area (TPSA) is 66.5 Å². The molecule has 0 saturated heterocycles. The molecule has 2 aromatic carbocycles. The van der Waals surface area contributed by atoms with Gasteiger partial charge >= 0.3 is 0 Å². The number of nitrogens with zero attached hydrogens (tertiary/aromatic N) is 1. The summed E-state index contributed by atoms with van der Waals surface area (Å²) in [5, 5.41) is 4.18. The summed E-state index contributed by atoms with van der Waals surface area (Å²) in [6.45, 7) is 0. The summed E-state index contributed by atoms with van der Waals surface area (Å²) in [5.74, 6) is -1.05. The van der Waals surface area contributed by atoms with Crippen LogP contribution in [-0.4, -0.2) is 21.4 Å². The van der Waals surface area contributed by atoms with Crippen molar-refractivity contribution in [2.75, 3.05) is 16.7 Å². The van der Waals surface area contributed by atoms with Gasteiger partial charge in [0.15, 0.2) is 0 Å². The molecule has 3 rings (SSSR count). The molecule has 0 saturated carbocycles. The van der Waals surface area contributed by atoms with Crippen molar-refractivity contribution in [3.63, 3.8) is 0 Å². The third-order valence-electron chi connectivity index (χ3n) is 3.78. The SMILES string of the molecule is CN(c1ccc(C(=O)Nc2ccc(Br)cc2F)cc1)S(=O)(=O)c1cccs1. The fourth-order valence-corrected chi connectivity index (χ4v) is 4.98. The molecule has 0 radical (unpaired) electrons. The Morgan fingerprint density at radius 1 is 1.15 bits per heavy atom. The molecular formula is C18H14BrFN2O3S2. The number of carbonyl (C=O) groups is 1. The highest BCUT2D eigenvalue weighted by Crippen LogP contribution is 2.26. The van der Waals surface area contributed by atoms with Crippen molar-refractivity contribution in [3.8, 4) is 0 Å². The highest BCUT2D eigenvalue weighted by Gasteiger charge is 2.22. The lowest BCUT2D eigenvalue weighted by atomic mass is 10.2. The van der Waals surface area contributed by atoms with E-state index in [9.17, 15) is 17.6 Å². The molecule has 0 bridgehead atoms. The Morgan fingerprint density at radius 2 is 1.85 bits per heavy atom. The molecule has 0 spiro atoms. The Kier molecular flexibility index (Phi) is 5.64. The second kappa shape index (κ2) is 7.79. The van der Waals surface area contributed by atoms with Gasteiger partial charge in [0.2, 0.25) is 0 Å². The van der Waals surface area contributed by atoms with E-state index in [1.54, 1.807) is 17.5 Å². The average Bonchev–Trinajstić information content (AvgIpc) is 3.19. The van der Waals surface area contributed by atoms with E-state index < -0.39 is 21.7 Å². The zero-order valence-electron chi connectivity index (χ0n) is 14.0. The van der Waals surface area contributed by atoms with E-state index in [2.05, 4.69) is 21.2 Å². The molecule has 9 heteroatoms. The number of anilines is 2. The van der Waals surface area contributed by atoms with Crippen LogP contribution in [-0.2, 0) is 10.0 Å². The summed E-state index contributed by atoms with van der Waals surface area (Å²) < 4.78 is 40.9. The van der Waals surface area contributed by atoms with Crippen molar-refractivity contribution >= 4 is 54.6 Å². The maximum Gasteiger partial charge on any atom is 0.273 e. The van der Waals surface area contributed by atoms with E-state index in [-0.39, 0.29) is 15.5 Å². The van der Waals surface area contributed by atoms with Crippen molar-refractivity contribution in [2.45, 2.75) is 4.21 Å². The number of hydrogen-bond donors (Lipinski definition) is 1.